The van der Waals surface area contributed by atoms with Crippen molar-refractivity contribution in [3.8, 4) is 0 Å². The van der Waals surface area contributed by atoms with Crippen molar-refractivity contribution in [3.63, 3.8) is 0 Å². The molecule has 4 heteroatoms. The van der Waals surface area contributed by atoms with Gasteiger partial charge < -0.3 is 17.0 Å². The average Bonchev–Trinajstić information content (AvgIpc) is 2.76. The summed E-state index contributed by atoms with van der Waals surface area (Å²) in [5.41, 5.74) is 4.78. The molecule has 2 aromatic rings. The molecule has 1 heterocycles. The molecular weight excluding hydrogens is 340 g/mol. The predicted molar refractivity (Wildman–Crippen MR) is 84.3 cm³/mol. The van der Waals surface area contributed by atoms with E-state index in [0.717, 1.165) is 13.0 Å². The summed E-state index contributed by atoms with van der Waals surface area (Å²) in [5.74, 6) is 0.257. The number of carbonyl (C=O) groups is 1. The summed E-state index contributed by atoms with van der Waals surface area (Å²) in [4.78, 5) is 12.4. The van der Waals surface area contributed by atoms with Gasteiger partial charge in [-0.25, -0.2) is 0 Å². The Labute approximate surface area is 143 Å². The second-order valence-corrected chi connectivity index (χ2v) is 5.76. The quantitative estimate of drug-likeness (QED) is 0.658. The van der Waals surface area contributed by atoms with E-state index in [4.69, 9.17) is 0 Å². The fourth-order valence-electron chi connectivity index (χ4n) is 2.78. The van der Waals surface area contributed by atoms with Gasteiger partial charge in [0.1, 0.15) is 0 Å². The standard InChI is InChI=1S/C18H25N2O.BrH/c1-5-10-20-16(4)9-11-19(20)13-17(21)12-18-14(2)7-6-8-15(18)3;/h6-9,11H,5,10,12-13H2,1-4H3;1H/q+1;/p-1. The summed E-state index contributed by atoms with van der Waals surface area (Å²) in [6.07, 6.45) is 3.59. The molecule has 0 amide bonds. The molecule has 2 rings (SSSR count). The second-order valence-electron chi connectivity index (χ2n) is 5.76. The van der Waals surface area contributed by atoms with Gasteiger partial charge in [-0.2, -0.15) is 4.68 Å². The van der Waals surface area contributed by atoms with Crippen molar-refractivity contribution in [1.29, 1.82) is 0 Å². The number of carbonyl (C=O) groups excluding carboxylic acids is 1. The number of hydrogen-bond donors (Lipinski definition) is 0. The van der Waals surface area contributed by atoms with E-state index in [1.807, 2.05) is 16.9 Å². The lowest BCUT2D eigenvalue weighted by atomic mass is 9.98. The summed E-state index contributed by atoms with van der Waals surface area (Å²) in [7, 11) is 0. The number of ketones is 1. The molecule has 0 N–H and O–H groups in total. The van der Waals surface area contributed by atoms with Crippen molar-refractivity contribution in [1.82, 2.24) is 4.68 Å². The SMILES string of the molecule is CCCn1c(C)cc[n+]1CC(=O)Cc1c(C)cccc1C.[Br-]. The van der Waals surface area contributed by atoms with Crippen LogP contribution in [0.15, 0.2) is 30.5 Å². The predicted octanol–water partition coefficient (Wildman–Crippen LogP) is -0.0733. The van der Waals surface area contributed by atoms with Crippen LogP contribution in [0.2, 0.25) is 0 Å². The Balaban J connectivity index is 0.00000242. The third-order valence-corrected chi connectivity index (χ3v) is 4.00. The van der Waals surface area contributed by atoms with Gasteiger partial charge in [-0.15, -0.1) is 4.68 Å². The van der Waals surface area contributed by atoms with Gasteiger partial charge in [0.25, 0.3) is 0 Å². The zero-order valence-electron chi connectivity index (χ0n) is 13.9. The van der Waals surface area contributed by atoms with Gasteiger partial charge in [0.15, 0.2) is 6.20 Å². The summed E-state index contributed by atoms with van der Waals surface area (Å²) in [6.45, 7) is 9.79. The first-order valence-corrected chi connectivity index (χ1v) is 7.65. The maximum atomic E-state index is 12.4. The van der Waals surface area contributed by atoms with E-state index >= 15 is 0 Å². The molecule has 0 atom stereocenters. The minimum Gasteiger partial charge on any atom is -1.00 e. The van der Waals surface area contributed by atoms with Crippen LogP contribution in [0.25, 0.3) is 0 Å². The highest BCUT2D eigenvalue weighted by molar-refractivity contribution is 5.80. The Hall–Kier alpha value is -1.42. The normalized spacial score (nSPS) is 10.4. The number of benzene rings is 1. The van der Waals surface area contributed by atoms with Crippen molar-refractivity contribution in [3.05, 3.63) is 52.8 Å². The minimum atomic E-state index is 0. The fourth-order valence-corrected chi connectivity index (χ4v) is 2.78. The molecule has 0 aliphatic heterocycles. The van der Waals surface area contributed by atoms with E-state index in [-0.39, 0.29) is 22.8 Å². The first-order valence-electron chi connectivity index (χ1n) is 7.65. The van der Waals surface area contributed by atoms with Gasteiger partial charge in [0.05, 0.1) is 12.2 Å². The van der Waals surface area contributed by atoms with Crippen LogP contribution in [0.3, 0.4) is 0 Å². The first kappa shape index (κ1) is 18.6. The van der Waals surface area contributed by atoms with Gasteiger partial charge in [0, 0.05) is 12.5 Å². The maximum Gasteiger partial charge on any atom is 0.230 e. The molecule has 120 valence electrons. The van der Waals surface area contributed by atoms with Crippen molar-refractivity contribution in [2.45, 2.75) is 53.6 Å². The third kappa shape index (κ3) is 4.29. The van der Waals surface area contributed by atoms with E-state index in [1.165, 1.54) is 22.4 Å². The van der Waals surface area contributed by atoms with Gasteiger partial charge in [-0.3, -0.25) is 4.79 Å². The number of aryl methyl sites for hydroxylation is 3. The number of rotatable bonds is 6. The molecule has 0 unspecified atom stereocenters. The van der Waals surface area contributed by atoms with Crippen LogP contribution in [0.5, 0.6) is 0 Å². The molecule has 0 saturated carbocycles. The zero-order valence-corrected chi connectivity index (χ0v) is 15.5. The lowest BCUT2D eigenvalue weighted by Gasteiger charge is -2.08. The van der Waals surface area contributed by atoms with Crippen LogP contribution >= 0.6 is 0 Å². The molecule has 0 bridgehead atoms. The van der Waals surface area contributed by atoms with Crippen molar-refractivity contribution in [2.75, 3.05) is 0 Å². The van der Waals surface area contributed by atoms with E-state index in [2.05, 4.69) is 50.6 Å². The second kappa shape index (κ2) is 8.28. The molecule has 0 saturated heterocycles. The number of aromatic nitrogens is 2. The summed E-state index contributed by atoms with van der Waals surface area (Å²) >= 11 is 0. The fraction of sp³-hybridized carbons (Fsp3) is 0.444. The van der Waals surface area contributed by atoms with Gasteiger partial charge >= 0.3 is 0 Å². The summed E-state index contributed by atoms with van der Waals surface area (Å²) < 4.78 is 4.22. The van der Waals surface area contributed by atoms with Crippen molar-refractivity contribution < 1.29 is 26.5 Å². The molecule has 0 aliphatic rings. The Morgan fingerprint density at radius 2 is 1.77 bits per heavy atom. The Kier molecular flexibility index (Phi) is 7.01. The monoisotopic (exact) mass is 364 g/mol. The molecule has 3 nitrogen and oxygen atoms in total. The van der Waals surface area contributed by atoms with Crippen LogP contribution in [-0.4, -0.2) is 10.5 Å². The Morgan fingerprint density at radius 3 is 2.36 bits per heavy atom. The number of Topliss-reactive ketones (excluding diaryl/α,β-unsaturated/α-hetero) is 1. The number of nitrogens with zero attached hydrogens (tertiary/aromatic N) is 2. The molecule has 1 aromatic carbocycles. The van der Waals surface area contributed by atoms with Crippen molar-refractivity contribution >= 4 is 5.78 Å². The average molecular weight is 365 g/mol. The smallest absolute Gasteiger partial charge is 0.230 e. The van der Waals surface area contributed by atoms with Crippen LogP contribution in [0, 0.1) is 20.8 Å². The van der Waals surface area contributed by atoms with Crippen molar-refractivity contribution in [2.24, 2.45) is 0 Å². The molecule has 1 aromatic heterocycles. The topological polar surface area (TPSA) is 25.9 Å². The van der Waals surface area contributed by atoms with E-state index < -0.39 is 0 Å². The van der Waals surface area contributed by atoms with Gasteiger partial charge in [0.2, 0.25) is 12.3 Å². The molecule has 0 spiro atoms. The lowest BCUT2D eigenvalue weighted by molar-refractivity contribution is -0.764. The highest BCUT2D eigenvalue weighted by Crippen LogP contribution is 2.14. The molecule has 22 heavy (non-hydrogen) atoms. The van der Waals surface area contributed by atoms with Crippen LogP contribution in [0.4, 0.5) is 0 Å². The first-order chi connectivity index (χ1) is 10.0. The minimum absolute atomic E-state index is 0. The molecular formula is C18H25BrN2O. The largest absolute Gasteiger partial charge is 1.00 e. The molecule has 0 aliphatic carbocycles. The van der Waals surface area contributed by atoms with Crippen LogP contribution < -0.4 is 21.7 Å². The van der Waals surface area contributed by atoms with E-state index in [9.17, 15) is 4.79 Å². The molecule has 0 fully saturated rings. The summed E-state index contributed by atoms with van der Waals surface area (Å²) in [6, 6.07) is 8.27. The van der Waals surface area contributed by atoms with Gasteiger partial charge in [-0.05, 0) is 43.9 Å². The van der Waals surface area contributed by atoms with Crippen LogP contribution in [-0.2, 0) is 24.3 Å². The third-order valence-electron chi connectivity index (χ3n) is 4.00. The van der Waals surface area contributed by atoms with Gasteiger partial charge in [-0.1, -0.05) is 25.1 Å². The van der Waals surface area contributed by atoms with Crippen LogP contribution in [0.1, 0.15) is 35.7 Å². The Morgan fingerprint density at radius 1 is 1.14 bits per heavy atom. The van der Waals surface area contributed by atoms with E-state index in [0.29, 0.717) is 13.0 Å². The molecule has 0 radical (unpaired) electrons. The highest BCUT2D eigenvalue weighted by atomic mass is 79.9. The highest BCUT2D eigenvalue weighted by Gasteiger charge is 2.17. The number of halogens is 1. The number of hydrogen-bond acceptors (Lipinski definition) is 1. The Bertz CT molecular complexity index is 626. The maximum absolute atomic E-state index is 12.4. The lowest BCUT2D eigenvalue weighted by Crippen LogP contribution is -3.00. The zero-order chi connectivity index (χ0) is 15.4. The van der Waals surface area contributed by atoms with E-state index in [1.54, 1.807) is 0 Å². The summed E-state index contributed by atoms with van der Waals surface area (Å²) in [5, 5.41) is 0.